The van der Waals surface area contributed by atoms with Crippen molar-refractivity contribution in [1.29, 1.82) is 0 Å². The Balaban J connectivity index is 1.46. The SMILES string of the molecule is CCC[C@@H](NC(=O)C(O)C(C)CC)C(=O)N[C@H]1CCCNC(=O)[C@H](Cc2c[nH]c3ccc(O)cc23)NC(=O)/C=C/c2coc(n2)[C@H](C)NC(=O)C(=O)[C@H](CC(C)C)NC(=O)[C@@H]2CCCN2C1=O. The van der Waals surface area contributed by atoms with Crippen LogP contribution in [0.15, 0.2) is 41.2 Å². The van der Waals surface area contributed by atoms with E-state index < -0.39 is 89.5 Å². The van der Waals surface area contributed by atoms with Crippen LogP contribution in [0.1, 0.15) is 116 Å². The van der Waals surface area contributed by atoms with Crippen LogP contribution in [0.2, 0.25) is 0 Å². The number of aromatic hydroxyl groups is 1. The van der Waals surface area contributed by atoms with Crippen molar-refractivity contribution in [3.63, 3.8) is 0 Å². The molecular formula is C47H65N9O11. The number of aliphatic hydroxyl groups excluding tert-OH is 1. The fourth-order valence-electron chi connectivity index (χ4n) is 8.15. The van der Waals surface area contributed by atoms with E-state index in [2.05, 4.69) is 41.9 Å². The van der Waals surface area contributed by atoms with Crippen molar-refractivity contribution in [3.8, 4) is 5.75 Å². The average molecular weight is 932 g/mol. The Bertz CT molecular complexity index is 2300. The molecule has 1 fully saturated rings. The zero-order valence-electron chi connectivity index (χ0n) is 39.0. The summed E-state index contributed by atoms with van der Waals surface area (Å²) in [6.45, 7) is 10.6. The van der Waals surface area contributed by atoms with Gasteiger partial charge in [-0.2, -0.15) is 0 Å². The van der Waals surface area contributed by atoms with Gasteiger partial charge in [-0.05, 0) is 87.1 Å². The van der Waals surface area contributed by atoms with Gasteiger partial charge in [-0.3, -0.25) is 38.4 Å². The van der Waals surface area contributed by atoms with Crippen molar-refractivity contribution < 1.29 is 53.0 Å². The lowest BCUT2D eigenvalue weighted by atomic mass is 9.98. The number of benzene rings is 1. The fraction of sp³-hybridized carbons (Fsp3) is 0.553. The van der Waals surface area contributed by atoms with Gasteiger partial charge in [0, 0.05) is 42.7 Å². The molecule has 7 amide bonds. The molecule has 0 radical (unpaired) electrons. The summed E-state index contributed by atoms with van der Waals surface area (Å²) in [5.41, 5.74) is 1.52. The van der Waals surface area contributed by atoms with Crippen molar-refractivity contribution in [2.45, 2.75) is 142 Å². The van der Waals surface area contributed by atoms with Crippen LogP contribution in [0.25, 0.3) is 17.0 Å². The highest BCUT2D eigenvalue weighted by Gasteiger charge is 2.40. The maximum atomic E-state index is 14.6. The smallest absolute Gasteiger partial charge is 0.290 e. The lowest BCUT2D eigenvalue weighted by molar-refractivity contribution is -0.144. The molecule has 4 heterocycles. The summed E-state index contributed by atoms with van der Waals surface area (Å²) in [6.07, 6.45) is 6.05. The van der Waals surface area contributed by atoms with E-state index in [1.165, 1.54) is 36.3 Å². The van der Waals surface area contributed by atoms with Gasteiger partial charge in [0.25, 0.3) is 5.91 Å². The van der Waals surface area contributed by atoms with Crippen molar-refractivity contribution >= 4 is 64.1 Å². The number of carbonyl (C=O) groups excluding carboxylic acids is 8. The van der Waals surface area contributed by atoms with Crippen LogP contribution in [0.5, 0.6) is 5.75 Å². The summed E-state index contributed by atoms with van der Waals surface area (Å²) in [5.74, 6) is -6.34. The van der Waals surface area contributed by atoms with Gasteiger partial charge >= 0.3 is 0 Å². The monoisotopic (exact) mass is 931 g/mol. The van der Waals surface area contributed by atoms with Crippen LogP contribution >= 0.6 is 0 Å². The number of phenolic OH excluding ortho intramolecular Hbond substituents is 1. The molecule has 1 aromatic carbocycles. The van der Waals surface area contributed by atoms with E-state index in [1.54, 1.807) is 19.2 Å². The number of aliphatic hydroxyl groups is 1. The quantitative estimate of drug-likeness (QED) is 0.118. The molecule has 3 aromatic rings. The summed E-state index contributed by atoms with van der Waals surface area (Å²) >= 11 is 0. The van der Waals surface area contributed by atoms with Gasteiger partial charge in [0.2, 0.25) is 47.1 Å². The Kier molecular flexibility index (Phi) is 18.2. The molecule has 0 spiro atoms. The number of hydrogen-bond acceptors (Lipinski definition) is 12. The molecule has 2 aliphatic heterocycles. The maximum Gasteiger partial charge on any atom is 0.290 e. The highest BCUT2D eigenvalue weighted by Crippen LogP contribution is 2.25. The van der Waals surface area contributed by atoms with Gasteiger partial charge in [0.05, 0.1) is 6.04 Å². The van der Waals surface area contributed by atoms with Crippen molar-refractivity contribution in [2.24, 2.45) is 11.8 Å². The van der Waals surface area contributed by atoms with Crippen LogP contribution in [-0.4, -0.2) is 122 Å². The minimum absolute atomic E-state index is 0.00276. The van der Waals surface area contributed by atoms with Crippen molar-refractivity contribution in [2.75, 3.05) is 13.1 Å². The predicted octanol–water partition coefficient (Wildman–Crippen LogP) is 1.96. The molecule has 20 heteroatoms. The van der Waals surface area contributed by atoms with Gasteiger partial charge in [-0.15, -0.1) is 0 Å². The van der Waals surface area contributed by atoms with Crippen molar-refractivity contribution in [1.82, 2.24) is 46.8 Å². The molecule has 2 aliphatic rings. The average Bonchev–Trinajstić information content (AvgIpc) is 4.08. The lowest BCUT2D eigenvalue weighted by Gasteiger charge is -2.31. The Labute approximate surface area is 389 Å². The molecule has 2 bridgehead atoms. The summed E-state index contributed by atoms with van der Waals surface area (Å²) in [4.78, 5) is 119. The zero-order chi connectivity index (χ0) is 48.9. The highest BCUT2D eigenvalue weighted by atomic mass is 16.3. The van der Waals surface area contributed by atoms with E-state index in [1.807, 2.05) is 27.7 Å². The van der Waals surface area contributed by atoms with E-state index in [9.17, 15) is 48.6 Å². The standard InChI is InChI=1S/C47H65N9O11/c1-7-11-33(53-44(64)39(59)26(5)8-2)42(62)54-34-12-9-18-48-41(61)36(21-28-23-49-32-16-15-30(57)22-31(28)32)52-38(58)17-14-29-24-67-46(51-29)27(6)50-45(65)40(60)35(20-25(3)4)55-43(63)37-13-10-19-56(37)47(34)66/h14-17,22-27,33-37,39,49,57,59H,7-13,18-21H2,1-6H3,(H,48,61)(H,50,65)(H,52,58)(H,53,64)(H,54,62)(H,55,63)/b17-14+/t26?,27-,33+,34-,35-,36-,37-,39?/m0/s1. The van der Waals surface area contributed by atoms with Crippen molar-refractivity contribution in [3.05, 3.63) is 53.9 Å². The summed E-state index contributed by atoms with van der Waals surface area (Å²) < 4.78 is 5.55. The van der Waals surface area contributed by atoms with E-state index in [0.29, 0.717) is 35.7 Å². The van der Waals surface area contributed by atoms with Crippen LogP contribution in [0, 0.1) is 11.8 Å². The fourth-order valence-corrected chi connectivity index (χ4v) is 8.15. The Morgan fingerprint density at radius 2 is 1.72 bits per heavy atom. The number of fused-ring (bicyclic) bond motifs is 4. The van der Waals surface area contributed by atoms with Crippen LogP contribution in [-0.2, 0) is 44.8 Å². The largest absolute Gasteiger partial charge is 0.508 e. The number of aromatic nitrogens is 2. The topological polar surface area (TPSA) is 294 Å². The molecule has 9 N–H and O–H groups in total. The second kappa shape index (κ2) is 23.7. The van der Waals surface area contributed by atoms with E-state index in [0.717, 1.165) is 6.08 Å². The molecule has 5 rings (SSSR count). The lowest BCUT2D eigenvalue weighted by Crippen LogP contribution is -2.58. The molecule has 0 saturated carbocycles. The number of hydrogen-bond donors (Lipinski definition) is 9. The van der Waals surface area contributed by atoms with E-state index >= 15 is 0 Å². The number of ketones is 1. The first-order valence-electron chi connectivity index (χ1n) is 23.2. The highest BCUT2D eigenvalue weighted by molar-refractivity contribution is 6.38. The first-order valence-corrected chi connectivity index (χ1v) is 23.2. The number of amides is 7. The first-order chi connectivity index (χ1) is 31.9. The molecule has 67 heavy (non-hydrogen) atoms. The van der Waals surface area contributed by atoms with Gasteiger partial charge in [-0.1, -0.05) is 47.5 Å². The van der Waals surface area contributed by atoms with Gasteiger partial charge in [0.1, 0.15) is 54.0 Å². The number of aromatic amines is 1. The molecule has 0 aliphatic carbocycles. The third kappa shape index (κ3) is 13.7. The zero-order valence-corrected chi connectivity index (χ0v) is 39.0. The molecule has 8 atom stereocenters. The van der Waals surface area contributed by atoms with Crippen LogP contribution < -0.4 is 31.9 Å². The Morgan fingerprint density at radius 1 is 0.955 bits per heavy atom. The van der Waals surface area contributed by atoms with E-state index in [4.69, 9.17) is 4.42 Å². The summed E-state index contributed by atoms with van der Waals surface area (Å²) in [7, 11) is 0. The Hall–Kier alpha value is -6.57. The normalized spacial score (nSPS) is 23.5. The molecule has 2 unspecified atom stereocenters. The predicted molar refractivity (Wildman–Crippen MR) is 245 cm³/mol. The second-order valence-electron chi connectivity index (χ2n) is 17.9. The number of nitrogens with zero attached hydrogens (tertiary/aromatic N) is 2. The third-order valence-corrected chi connectivity index (χ3v) is 12.1. The minimum Gasteiger partial charge on any atom is -0.508 e. The summed E-state index contributed by atoms with van der Waals surface area (Å²) in [5, 5.41) is 37.7. The van der Waals surface area contributed by atoms with Crippen LogP contribution in [0.3, 0.4) is 0 Å². The number of phenols is 1. The van der Waals surface area contributed by atoms with Gasteiger partial charge < -0.3 is 56.4 Å². The first kappa shape index (κ1) is 51.4. The maximum absolute atomic E-state index is 14.6. The van der Waals surface area contributed by atoms with Gasteiger partial charge in [-0.25, -0.2) is 4.98 Å². The molecular weight excluding hydrogens is 867 g/mol. The van der Waals surface area contributed by atoms with Gasteiger partial charge in [0.15, 0.2) is 0 Å². The molecule has 1 saturated heterocycles. The Morgan fingerprint density at radius 3 is 2.43 bits per heavy atom. The minimum atomic E-state index is -1.37. The number of carbonyl (C=O) groups is 8. The molecule has 2 aromatic heterocycles. The van der Waals surface area contributed by atoms with E-state index in [-0.39, 0.29) is 80.8 Å². The number of H-pyrrole nitrogens is 1. The number of Topliss-reactive ketones (excluding diaryl/α,β-unsaturated/α-hetero) is 1. The number of nitrogens with one attached hydrogen (secondary N) is 7. The molecule has 20 nitrogen and oxygen atoms in total. The second-order valence-corrected chi connectivity index (χ2v) is 17.9. The number of rotatable bonds is 12. The number of oxazole rings is 1. The summed E-state index contributed by atoms with van der Waals surface area (Å²) in [6, 6.07) is -2.01. The molecule has 364 valence electrons. The third-order valence-electron chi connectivity index (χ3n) is 12.1. The van der Waals surface area contributed by atoms with Crippen LogP contribution in [0.4, 0.5) is 0 Å².